The van der Waals surface area contributed by atoms with Crippen LogP contribution in [0.4, 0.5) is 5.69 Å². The number of ketones is 1. The number of carbonyl (C=O) groups is 2. The predicted octanol–water partition coefficient (Wildman–Crippen LogP) is 2.82. The number of carbonyl (C=O) groups excluding carboxylic acids is 2. The molecule has 0 spiro atoms. The maximum atomic E-state index is 12.4. The molecule has 1 heterocycles. The summed E-state index contributed by atoms with van der Waals surface area (Å²) in [7, 11) is 0. The van der Waals surface area contributed by atoms with Crippen LogP contribution in [-0.2, 0) is 4.79 Å². The maximum absolute atomic E-state index is 12.4. The molecule has 0 N–H and O–H groups in total. The quantitative estimate of drug-likeness (QED) is 0.763. The molecule has 0 aliphatic carbocycles. The first kappa shape index (κ1) is 13.3. The van der Waals surface area contributed by atoms with Gasteiger partial charge >= 0.3 is 0 Å². The van der Waals surface area contributed by atoms with E-state index in [2.05, 4.69) is 4.85 Å². The lowest BCUT2D eigenvalue weighted by molar-refractivity contribution is -0.122. The molecule has 0 aromatic heterocycles. The van der Waals surface area contributed by atoms with Crippen LogP contribution < -0.4 is 0 Å². The van der Waals surface area contributed by atoms with E-state index in [1.807, 2.05) is 0 Å². The van der Waals surface area contributed by atoms with E-state index in [9.17, 15) is 9.59 Å². The summed E-state index contributed by atoms with van der Waals surface area (Å²) in [5.41, 5.74) is 1.05. The Morgan fingerprint density at radius 1 is 1.26 bits per heavy atom. The van der Waals surface area contributed by atoms with Crippen molar-refractivity contribution >= 4 is 17.4 Å². The molecular formula is C15H16N2O2. The molecule has 98 valence electrons. The van der Waals surface area contributed by atoms with Gasteiger partial charge in [-0.3, -0.25) is 9.59 Å². The highest BCUT2D eigenvalue weighted by Gasteiger charge is 2.30. The second kappa shape index (κ2) is 5.66. The zero-order valence-corrected chi connectivity index (χ0v) is 10.9. The molecule has 1 fully saturated rings. The number of hydrogen-bond donors (Lipinski definition) is 0. The van der Waals surface area contributed by atoms with Crippen LogP contribution in [0.1, 0.15) is 36.5 Å². The molecule has 0 saturated carbocycles. The zero-order valence-electron chi connectivity index (χ0n) is 10.9. The molecule has 0 radical (unpaired) electrons. The molecule has 0 unspecified atom stereocenters. The van der Waals surface area contributed by atoms with Crippen LogP contribution in [0.2, 0.25) is 0 Å². The minimum absolute atomic E-state index is 0.0471. The number of hydrogen-bond acceptors (Lipinski definition) is 2. The van der Waals surface area contributed by atoms with Crippen molar-refractivity contribution in [3.8, 4) is 0 Å². The minimum Gasteiger partial charge on any atom is -0.329 e. The highest BCUT2D eigenvalue weighted by Crippen LogP contribution is 2.21. The van der Waals surface area contributed by atoms with Crippen molar-refractivity contribution in [2.24, 2.45) is 0 Å². The molecule has 1 aromatic rings. The van der Waals surface area contributed by atoms with Crippen LogP contribution in [-0.4, -0.2) is 29.2 Å². The zero-order chi connectivity index (χ0) is 13.8. The van der Waals surface area contributed by atoms with Crippen molar-refractivity contribution in [1.29, 1.82) is 0 Å². The fourth-order valence-corrected chi connectivity index (χ4v) is 2.44. The Bertz CT molecular complexity index is 528. The second-order valence-corrected chi connectivity index (χ2v) is 4.78. The van der Waals surface area contributed by atoms with Crippen LogP contribution in [0.5, 0.6) is 0 Å². The molecule has 1 atom stereocenters. The van der Waals surface area contributed by atoms with Crippen molar-refractivity contribution < 1.29 is 9.59 Å². The first-order valence-corrected chi connectivity index (χ1v) is 6.42. The fourth-order valence-electron chi connectivity index (χ4n) is 2.44. The maximum Gasteiger partial charge on any atom is 0.254 e. The second-order valence-electron chi connectivity index (χ2n) is 4.78. The Balaban J connectivity index is 2.21. The predicted molar refractivity (Wildman–Crippen MR) is 72.1 cm³/mol. The first-order chi connectivity index (χ1) is 9.13. The molecule has 1 amide bonds. The molecular weight excluding hydrogens is 240 g/mol. The van der Waals surface area contributed by atoms with Crippen LogP contribution in [0, 0.1) is 6.57 Å². The van der Waals surface area contributed by atoms with Gasteiger partial charge in [0.25, 0.3) is 5.91 Å². The molecule has 0 bridgehead atoms. The highest BCUT2D eigenvalue weighted by molar-refractivity contribution is 5.97. The van der Waals surface area contributed by atoms with E-state index in [0.29, 0.717) is 17.8 Å². The van der Waals surface area contributed by atoms with Crippen molar-refractivity contribution in [2.45, 2.75) is 32.2 Å². The van der Waals surface area contributed by atoms with Gasteiger partial charge < -0.3 is 4.90 Å². The molecule has 19 heavy (non-hydrogen) atoms. The Kier molecular flexibility index (Phi) is 3.96. The topological polar surface area (TPSA) is 41.7 Å². The first-order valence-electron chi connectivity index (χ1n) is 6.42. The fraction of sp³-hybridized carbons (Fsp3) is 0.400. The average Bonchev–Trinajstić information content (AvgIpc) is 2.46. The Morgan fingerprint density at radius 3 is 2.53 bits per heavy atom. The van der Waals surface area contributed by atoms with E-state index in [0.717, 1.165) is 19.3 Å². The minimum atomic E-state index is -0.290. The van der Waals surface area contributed by atoms with E-state index in [4.69, 9.17) is 6.57 Å². The number of amides is 1. The molecule has 1 aliphatic rings. The summed E-state index contributed by atoms with van der Waals surface area (Å²) in [6.45, 7) is 9.06. The van der Waals surface area contributed by atoms with Crippen LogP contribution in [0.25, 0.3) is 4.85 Å². The smallest absolute Gasteiger partial charge is 0.254 e. The molecule has 1 aromatic carbocycles. The largest absolute Gasteiger partial charge is 0.329 e. The lowest BCUT2D eigenvalue weighted by Gasteiger charge is -2.34. The third kappa shape index (κ3) is 2.82. The van der Waals surface area contributed by atoms with E-state index in [1.54, 1.807) is 36.1 Å². The third-order valence-electron chi connectivity index (χ3n) is 3.48. The summed E-state index contributed by atoms with van der Waals surface area (Å²) >= 11 is 0. The van der Waals surface area contributed by atoms with Gasteiger partial charge in [0.05, 0.1) is 12.6 Å². The van der Waals surface area contributed by atoms with Gasteiger partial charge in [-0.2, -0.15) is 0 Å². The van der Waals surface area contributed by atoms with E-state index in [1.165, 1.54) is 0 Å². The van der Waals surface area contributed by atoms with Crippen LogP contribution in [0.15, 0.2) is 24.3 Å². The summed E-state index contributed by atoms with van der Waals surface area (Å²) in [5.74, 6) is -0.0674. The number of Topliss-reactive ketones (excluding diaryl/α,β-unsaturated/α-hetero) is 1. The van der Waals surface area contributed by atoms with E-state index < -0.39 is 0 Å². The number of benzene rings is 1. The highest BCUT2D eigenvalue weighted by atomic mass is 16.2. The summed E-state index contributed by atoms with van der Waals surface area (Å²) in [4.78, 5) is 29.0. The van der Waals surface area contributed by atoms with Crippen molar-refractivity contribution in [1.82, 2.24) is 4.90 Å². The van der Waals surface area contributed by atoms with Gasteiger partial charge in [0.2, 0.25) is 0 Å². The Labute approximate surface area is 112 Å². The lowest BCUT2D eigenvalue weighted by Crippen LogP contribution is -2.47. The van der Waals surface area contributed by atoms with Gasteiger partial charge in [-0.25, -0.2) is 4.85 Å². The Morgan fingerprint density at radius 2 is 1.95 bits per heavy atom. The van der Waals surface area contributed by atoms with Gasteiger partial charge in [-0.1, -0.05) is 24.3 Å². The van der Waals surface area contributed by atoms with Gasteiger partial charge in [0.15, 0.2) is 11.5 Å². The number of piperidine rings is 1. The van der Waals surface area contributed by atoms with Crippen molar-refractivity contribution in [3.05, 3.63) is 41.2 Å². The number of likely N-dealkylation sites (tertiary alicyclic amines) is 1. The molecule has 4 heteroatoms. The normalized spacial score (nSPS) is 18.7. The Hall–Kier alpha value is -2.15. The number of rotatable bonds is 2. The molecule has 1 saturated heterocycles. The molecule has 1 aliphatic heterocycles. The summed E-state index contributed by atoms with van der Waals surface area (Å²) in [6, 6.07) is 6.28. The average molecular weight is 256 g/mol. The standard InChI is InChI=1S/C15H16N2O2/c1-11(18)14-5-3-4-10-17(14)15(19)12-6-8-13(16-2)9-7-12/h6-9,14H,3-5,10H2,1H3/t14-/m1/s1. The van der Waals surface area contributed by atoms with Crippen molar-refractivity contribution in [2.75, 3.05) is 6.54 Å². The van der Waals surface area contributed by atoms with Crippen molar-refractivity contribution in [3.63, 3.8) is 0 Å². The summed E-state index contributed by atoms with van der Waals surface area (Å²) < 4.78 is 0. The SMILES string of the molecule is [C-]#[N+]c1ccc(C(=O)N2CCCC[C@@H]2C(C)=O)cc1. The van der Waals surface area contributed by atoms with E-state index in [-0.39, 0.29) is 17.7 Å². The van der Waals surface area contributed by atoms with Gasteiger partial charge in [0.1, 0.15) is 0 Å². The summed E-state index contributed by atoms with van der Waals surface area (Å²) in [5, 5.41) is 0. The van der Waals surface area contributed by atoms with Crippen LogP contribution >= 0.6 is 0 Å². The monoisotopic (exact) mass is 256 g/mol. The van der Waals surface area contributed by atoms with Gasteiger partial charge in [-0.15, -0.1) is 0 Å². The molecule has 4 nitrogen and oxygen atoms in total. The van der Waals surface area contributed by atoms with Crippen LogP contribution in [0.3, 0.4) is 0 Å². The van der Waals surface area contributed by atoms with Gasteiger partial charge in [-0.05, 0) is 26.2 Å². The lowest BCUT2D eigenvalue weighted by atomic mass is 9.98. The third-order valence-corrected chi connectivity index (χ3v) is 3.48. The summed E-state index contributed by atoms with van der Waals surface area (Å²) in [6.07, 6.45) is 2.68. The van der Waals surface area contributed by atoms with Gasteiger partial charge in [0, 0.05) is 12.1 Å². The number of nitrogens with zero attached hydrogens (tertiary/aromatic N) is 2. The van der Waals surface area contributed by atoms with E-state index >= 15 is 0 Å². The molecule has 2 rings (SSSR count).